The van der Waals surface area contributed by atoms with E-state index in [0.29, 0.717) is 6.42 Å². The van der Waals surface area contributed by atoms with Crippen molar-refractivity contribution < 1.29 is 18.3 Å². The van der Waals surface area contributed by atoms with E-state index in [0.717, 1.165) is 11.3 Å². The van der Waals surface area contributed by atoms with Crippen molar-refractivity contribution in [3.63, 3.8) is 0 Å². The Morgan fingerprint density at radius 2 is 2.15 bits per heavy atom. The molecule has 7 heteroatoms. The van der Waals surface area contributed by atoms with Crippen LogP contribution in [0, 0.1) is 0 Å². The standard InChI is InChI=1S/C13H18N2O4S/c1-9(5-6-16)14-20(18,19)11-3-4-12-10(7-11)8-13(17)15(12)2/h3-4,7,9,14,16H,5-6,8H2,1-2H3. The first-order valence-corrected chi connectivity index (χ1v) is 7.86. The molecule has 1 aliphatic rings. The van der Waals surface area contributed by atoms with Crippen LogP contribution in [0.1, 0.15) is 18.9 Å². The van der Waals surface area contributed by atoms with Gasteiger partial charge in [0.2, 0.25) is 15.9 Å². The van der Waals surface area contributed by atoms with Crippen molar-refractivity contribution in [2.24, 2.45) is 0 Å². The highest BCUT2D eigenvalue weighted by atomic mass is 32.2. The Hall–Kier alpha value is -1.44. The molecule has 1 unspecified atom stereocenters. The van der Waals surface area contributed by atoms with Crippen molar-refractivity contribution in [1.82, 2.24) is 4.72 Å². The Balaban J connectivity index is 2.27. The van der Waals surface area contributed by atoms with E-state index in [-0.39, 0.29) is 29.9 Å². The van der Waals surface area contributed by atoms with E-state index in [4.69, 9.17) is 5.11 Å². The van der Waals surface area contributed by atoms with E-state index in [1.807, 2.05) is 0 Å². The number of aliphatic hydroxyl groups excluding tert-OH is 1. The number of hydrogen-bond acceptors (Lipinski definition) is 4. The van der Waals surface area contributed by atoms with E-state index in [2.05, 4.69) is 4.72 Å². The highest BCUT2D eigenvalue weighted by molar-refractivity contribution is 7.89. The van der Waals surface area contributed by atoms with Gasteiger partial charge >= 0.3 is 0 Å². The highest BCUT2D eigenvalue weighted by Crippen LogP contribution is 2.29. The summed E-state index contributed by atoms with van der Waals surface area (Å²) in [6, 6.07) is 4.32. The zero-order valence-electron chi connectivity index (χ0n) is 11.5. The highest BCUT2D eigenvalue weighted by Gasteiger charge is 2.26. The Morgan fingerprint density at radius 3 is 2.80 bits per heavy atom. The molecule has 0 saturated carbocycles. The third kappa shape index (κ3) is 2.84. The fraction of sp³-hybridized carbons (Fsp3) is 0.462. The van der Waals surface area contributed by atoms with Crippen LogP contribution in [-0.4, -0.2) is 39.1 Å². The first kappa shape index (κ1) is 15.0. The SMILES string of the molecule is CC(CCO)NS(=O)(=O)c1ccc2c(c1)CC(=O)N2C. The molecule has 2 rings (SSSR count). The van der Waals surface area contributed by atoms with E-state index in [9.17, 15) is 13.2 Å². The van der Waals surface area contributed by atoms with Gasteiger partial charge in [-0.1, -0.05) is 0 Å². The predicted octanol–water partition coefficient (Wildman–Crippen LogP) is 0.255. The van der Waals surface area contributed by atoms with Crippen molar-refractivity contribution in [2.45, 2.75) is 30.7 Å². The third-order valence-electron chi connectivity index (χ3n) is 3.36. The van der Waals surface area contributed by atoms with Crippen LogP contribution in [0.25, 0.3) is 0 Å². The summed E-state index contributed by atoms with van der Waals surface area (Å²) in [4.78, 5) is 13.3. The fourth-order valence-corrected chi connectivity index (χ4v) is 3.53. The van der Waals surface area contributed by atoms with Gasteiger partial charge in [-0.25, -0.2) is 13.1 Å². The van der Waals surface area contributed by atoms with E-state index >= 15 is 0 Å². The maximum atomic E-state index is 12.2. The number of hydrogen-bond donors (Lipinski definition) is 2. The van der Waals surface area contributed by atoms with E-state index in [1.165, 1.54) is 17.0 Å². The van der Waals surface area contributed by atoms with Gasteiger partial charge in [-0.2, -0.15) is 0 Å². The third-order valence-corrected chi connectivity index (χ3v) is 4.94. The number of nitrogens with one attached hydrogen (secondary N) is 1. The monoisotopic (exact) mass is 298 g/mol. The van der Waals surface area contributed by atoms with Gasteiger partial charge in [0.25, 0.3) is 0 Å². The smallest absolute Gasteiger partial charge is 0.240 e. The van der Waals surface area contributed by atoms with Crippen LogP contribution in [0.2, 0.25) is 0 Å². The quantitative estimate of drug-likeness (QED) is 0.816. The van der Waals surface area contributed by atoms with Gasteiger partial charge in [0.05, 0.1) is 11.3 Å². The molecule has 1 atom stereocenters. The molecule has 1 aliphatic heterocycles. The van der Waals surface area contributed by atoms with Crippen molar-refractivity contribution in [3.8, 4) is 0 Å². The Bertz CT molecular complexity index is 627. The molecule has 1 aromatic rings. The summed E-state index contributed by atoms with van der Waals surface area (Å²) in [6.07, 6.45) is 0.576. The summed E-state index contributed by atoms with van der Waals surface area (Å²) in [5.41, 5.74) is 1.47. The summed E-state index contributed by atoms with van der Waals surface area (Å²) in [6.45, 7) is 1.62. The maximum absolute atomic E-state index is 12.2. The number of likely N-dealkylation sites (N-methyl/N-ethyl adjacent to an activating group) is 1. The van der Waals surface area contributed by atoms with Crippen molar-refractivity contribution in [1.29, 1.82) is 0 Å². The van der Waals surface area contributed by atoms with E-state index in [1.54, 1.807) is 20.0 Å². The number of nitrogens with zero attached hydrogens (tertiary/aromatic N) is 1. The van der Waals surface area contributed by atoms with Gasteiger partial charge in [0.15, 0.2) is 0 Å². The Morgan fingerprint density at radius 1 is 1.45 bits per heavy atom. The molecule has 0 bridgehead atoms. The van der Waals surface area contributed by atoms with Crippen LogP contribution in [0.5, 0.6) is 0 Å². The zero-order valence-corrected chi connectivity index (χ0v) is 12.3. The lowest BCUT2D eigenvalue weighted by Gasteiger charge is -2.14. The number of sulfonamides is 1. The summed E-state index contributed by atoms with van der Waals surface area (Å²) in [5.74, 6) is -0.0452. The van der Waals surface area contributed by atoms with Gasteiger partial charge in [0, 0.05) is 25.4 Å². The van der Waals surface area contributed by atoms with Crippen molar-refractivity contribution in [2.75, 3.05) is 18.6 Å². The van der Waals surface area contributed by atoms with Crippen molar-refractivity contribution >= 4 is 21.6 Å². The second-order valence-electron chi connectivity index (χ2n) is 4.95. The normalized spacial score (nSPS) is 16.4. The Kier molecular flexibility index (Phi) is 4.12. The van der Waals surface area contributed by atoms with Crippen LogP contribution in [-0.2, 0) is 21.2 Å². The molecular formula is C13H18N2O4S. The molecule has 2 N–H and O–H groups in total. The number of benzene rings is 1. The molecule has 1 amide bonds. The molecule has 1 aromatic carbocycles. The van der Waals surface area contributed by atoms with Gasteiger partial charge < -0.3 is 10.0 Å². The van der Waals surface area contributed by atoms with Gasteiger partial charge in [-0.05, 0) is 37.1 Å². The summed E-state index contributed by atoms with van der Waals surface area (Å²) in [5, 5.41) is 8.81. The van der Waals surface area contributed by atoms with Crippen LogP contribution >= 0.6 is 0 Å². The average Bonchev–Trinajstić information content (AvgIpc) is 2.64. The molecule has 0 aromatic heterocycles. The number of carbonyl (C=O) groups excluding carboxylic acids is 1. The Labute approximate surface area is 118 Å². The van der Waals surface area contributed by atoms with Crippen LogP contribution in [0.3, 0.4) is 0 Å². The molecule has 0 spiro atoms. The molecule has 6 nitrogen and oxygen atoms in total. The largest absolute Gasteiger partial charge is 0.396 e. The lowest BCUT2D eigenvalue weighted by molar-refractivity contribution is -0.117. The summed E-state index contributed by atoms with van der Waals surface area (Å²) < 4.78 is 26.9. The minimum atomic E-state index is -3.63. The number of rotatable bonds is 5. The van der Waals surface area contributed by atoms with E-state index < -0.39 is 10.0 Å². The second-order valence-corrected chi connectivity index (χ2v) is 6.67. The first-order chi connectivity index (χ1) is 9.35. The first-order valence-electron chi connectivity index (χ1n) is 6.38. The minimum Gasteiger partial charge on any atom is -0.396 e. The number of aliphatic hydroxyl groups is 1. The topological polar surface area (TPSA) is 86.7 Å². The molecule has 1 heterocycles. The number of anilines is 1. The summed E-state index contributed by atoms with van der Waals surface area (Å²) in [7, 11) is -1.96. The lowest BCUT2D eigenvalue weighted by atomic mass is 10.2. The number of amides is 1. The lowest BCUT2D eigenvalue weighted by Crippen LogP contribution is -2.33. The molecular weight excluding hydrogens is 280 g/mol. The van der Waals surface area contributed by atoms with Crippen LogP contribution in [0.15, 0.2) is 23.1 Å². The minimum absolute atomic E-state index is 0.0452. The van der Waals surface area contributed by atoms with Crippen molar-refractivity contribution in [3.05, 3.63) is 23.8 Å². The van der Waals surface area contributed by atoms with Gasteiger partial charge in [-0.3, -0.25) is 4.79 Å². The van der Waals surface area contributed by atoms with Gasteiger partial charge in [-0.15, -0.1) is 0 Å². The second kappa shape index (κ2) is 5.51. The predicted molar refractivity (Wildman–Crippen MR) is 75.0 cm³/mol. The molecule has 110 valence electrons. The zero-order chi connectivity index (χ0) is 14.9. The van der Waals surface area contributed by atoms with Crippen LogP contribution < -0.4 is 9.62 Å². The summed E-state index contributed by atoms with van der Waals surface area (Å²) >= 11 is 0. The molecule has 0 saturated heterocycles. The molecule has 0 radical (unpaired) electrons. The molecule has 20 heavy (non-hydrogen) atoms. The molecule has 0 fully saturated rings. The number of fused-ring (bicyclic) bond motifs is 1. The fourth-order valence-electron chi connectivity index (χ4n) is 2.20. The number of carbonyl (C=O) groups is 1. The molecule has 0 aliphatic carbocycles. The van der Waals surface area contributed by atoms with Gasteiger partial charge in [0.1, 0.15) is 0 Å². The average molecular weight is 298 g/mol. The van der Waals surface area contributed by atoms with Crippen LogP contribution in [0.4, 0.5) is 5.69 Å². The maximum Gasteiger partial charge on any atom is 0.240 e.